The average molecular weight is 757 g/mol. The summed E-state index contributed by atoms with van der Waals surface area (Å²) < 4.78 is 15.5. The van der Waals surface area contributed by atoms with Crippen molar-refractivity contribution in [3.63, 3.8) is 0 Å². The molecule has 0 fully saturated rings. The van der Waals surface area contributed by atoms with Gasteiger partial charge in [-0.25, -0.2) is 4.79 Å². The largest absolute Gasteiger partial charge is 0.466 e. The van der Waals surface area contributed by atoms with Crippen molar-refractivity contribution >= 4 is 17.9 Å². The summed E-state index contributed by atoms with van der Waals surface area (Å²) in [7, 11) is 0. The molecule has 0 saturated carbocycles. The predicted octanol–water partition coefficient (Wildman–Crippen LogP) is 12.3. The summed E-state index contributed by atoms with van der Waals surface area (Å²) in [5.74, 6) is -2.42. The van der Waals surface area contributed by atoms with Crippen LogP contribution in [0.5, 0.6) is 0 Å². The Morgan fingerprint density at radius 2 is 0.642 bits per heavy atom. The zero-order chi connectivity index (χ0) is 39.9. The molecular formula is C45H88O8. The molecule has 316 valence electrons. The molecule has 0 aromatic carbocycles. The summed E-state index contributed by atoms with van der Waals surface area (Å²) in [6, 6.07) is 0. The van der Waals surface area contributed by atoms with Gasteiger partial charge in [-0.15, -0.1) is 0 Å². The monoisotopic (exact) mass is 757 g/mol. The highest BCUT2D eigenvalue weighted by molar-refractivity contribution is 5.90. The van der Waals surface area contributed by atoms with Crippen molar-refractivity contribution in [1.82, 2.24) is 0 Å². The number of carbonyl (C=O) groups excluding carboxylic acids is 3. The minimum absolute atomic E-state index is 0.142. The van der Waals surface area contributed by atoms with Gasteiger partial charge in [-0.2, -0.15) is 0 Å². The number of carbonyl (C=O) groups is 3. The van der Waals surface area contributed by atoms with Gasteiger partial charge in [0.1, 0.15) is 0 Å². The quantitative estimate of drug-likeness (QED) is 0.0365. The van der Waals surface area contributed by atoms with Crippen molar-refractivity contribution in [3.05, 3.63) is 0 Å². The maximum Gasteiger partial charge on any atom is 0.339 e. The molecule has 0 heterocycles. The molecule has 1 unspecified atom stereocenters. The number of esters is 3. The van der Waals surface area contributed by atoms with Crippen molar-refractivity contribution < 1.29 is 38.8 Å². The molecule has 8 heteroatoms. The van der Waals surface area contributed by atoms with Crippen LogP contribution in [0.25, 0.3) is 0 Å². The SMILES string of the molecule is CCCCCCCC(O)(CCCCCC)CCCCCC.CCCCCCCOC(=O)CC(O)(CC(=O)OCCCCC)C(=O)OCCCCCCC. The maximum atomic E-state index is 12.6. The molecule has 0 radical (unpaired) electrons. The van der Waals surface area contributed by atoms with Crippen LogP contribution in [0.3, 0.4) is 0 Å². The molecule has 1 atom stereocenters. The zero-order valence-electron chi connectivity index (χ0n) is 35.9. The summed E-state index contributed by atoms with van der Waals surface area (Å²) in [6.07, 6.45) is 31.1. The minimum atomic E-state index is -2.27. The van der Waals surface area contributed by atoms with Gasteiger partial charge in [0.2, 0.25) is 0 Å². The predicted molar refractivity (Wildman–Crippen MR) is 220 cm³/mol. The van der Waals surface area contributed by atoms with E-state index in [0.29, 0.717) is 12.8 Å². The average Bonchev–Trinajstić information content (AvgIpc) is 3.13. The van der Waals surface area contributed by atoms with Crippen LogP contribution in [0.4, 0.5) is 0 Å². The number of unbranched alkanes of at least 4 members (excludes halogenated alkanes) is 20. The lowest BCUT2D eigenvalue weighted by Gasteiger charge is -2.28. The van der Waals surface area contributed by atoms with Crippen LogP contribution in [0.15, 0.2) is 0 Å². The van der Waals surface area contributed by atoms with Crippen LogP contribution in [0.1, 0.15) is 241 Å². The fourth-order valence-corrected chi connectivity index (χ4v) is 6.42. The highest BCUT2D eigenvalue weighted by Gasteiger charge is 2.43. The van der Waals surface area contributed by atoms with Gasteiger partial charge in [-0.3, -0.25) is 9.59 Å². The second-order valence-electron chi connectivity index (χ2n) is 15.5. The number of hydrogen-bond acceptors (Lipinski definition) is 8. The Kier molecular flexibility index (Phi) is 38.9. The van der Waals surface area contributed by atoms with Crippen LogP contribution in [-0.4, -0.2) is 59.1 Å². The molecule has 0 aromatic rings. The summed E-state index contributed by atoms with van der Waals surface area (Å²) in [5.41, 5.74) is -2.63. The molecule has 0 aliphatic heterocycles. The highest BCUT2D eigenvalue weighted by Crippen LogP contribution is 2.29. The van der Waals surface area contributed by atoms with Gasteiger partial charge in [0.05, 0.1) is 38.3 Å². The van der Waals surface area contributed by atoms with Crippen LogP contribution in [0, 0.1) is 0 Å². The first kappa shape index (κ1) is 53.4. The molecule has 0 aromatic heterocycles. The third-order valence-corrected chi connectivity index (χ3v) is 9.99. The van der Waals surface area contributed by atoms with Gasteiger partial charge in [0.15, 0.2) is 5.60 Å². The van der Waals surface area contributed by atoms with E-state index in [4.69, 9.17) is 14.2 Å². The van der Waals surface area contributed by atoms with E-state index in [1.54, 1.807) is 0 Å². The lowest BCUT2D eigenvalue weighted by atomic mass is 9.85. The molecule has 8 nitrogen and oxygen atoms in total. The molecule has 2 N–H and O–H groups in total. The molecule has 0 spiro atoms. The van der Waals surface area contributed by atoms with Crippen molar-refractivity contribution in [1.29, 1.82) is 0 Å². The van der Waals surface area contributed by atoms with E-state index in [0.717, 1.165) is 89.9 Å². The molecule has 0 aliphatic carbocycles. The second kappa shape index (κ2) is 38.6. The summed E-state index contributed by atoms with van der Waals surface area (Å²) in [6.45, 7) is 13.6. The molecule has 0 bridgehead atoms. The van der Waals surface area contributed by atoms with Gasteiger partial charge < -0.3 is 24.4 Å². The third-order valence-electron chi connectivity index (χ3n) is 9.99. The molecule has 0 saturated heterocycles. The van der Waals surface area contributed by atoms with E-state index in [9.17, 15) is 24.6 Å². The topological polar surface area (TPSA) is 119 Å². The standard InChI is InChI=1S/C25H46O7.C20H42O/c1-4-7-10-12-15-18-31-23(27)21-25(29,20-22(26)30-17-14-9-6-3)24(28)32-19-16-13-11-8-5-2;1-4-7-10-13-16-19-20(21,17-14-11-8-5-2)18-15-12-9-6-3/h29H,4-21H2,1-3H3;21H,4-19H2,1-3H3. The van der Waals surface area contributed by atoms with Crippen molar-refractivity contribution in [2.24, 2.45) is 0 Å². The second-order valence-corrected chi connectivity index (χ2v) is 15.5. The van der Waals surface area contributed by atoms with Gasteiger partial charge in [-0.1, -0.05) is 189 Å². The lowest BCUT2D eigenvalue weighted by molar-refractivity contribution is -0.178. The van der Waals surface area contributed by atoms with E-state index < -0.39 is 36.4 Å². The van der Waals surface area contributed by atoms with E-state index in [1.165, 1.54) is 83.5 Å². The Labute approximate surface area is 327 Å². The Balaban J connectivity index is 0. The van der Waals surface area contributed by atoms with E-state index in [2.05, 4.69) is 34.6 Å². The van der Waals surface area contributed by atoms with Crippen molar-refractivity contribution in [3.8, 4) is 0 Å². The Morgan fingerprint density at radius 3 is 1.00 bits per heavy atom. The van der Waals surface area contributed by atoms with Gasteiger partial charge in [0, 0.05) is 0 Å². The molecular weight excluding hydrogens is 668 g/mol. The summed E-state index contributed by atoms with van der Waals surface area (Å²) in [4.78, 5) is 37.0. The first-order valence-corrected chi connectivity index (χ1v) is 22.5. The van der Waals surface area contributed by atoms with E-state index in [-0.39, 0.29) is 25.4 Å². The Morgan fingerprint density at radius 1 is 0.377 bits per heavy atom. The molecule has 0 aliphatic rings. The van der Waals surface area contributed by atoms with Crippen LogP contribution in [0.2, 0.25) is 0 Å². The third kappa shape index (κ3) is 34.6. The van der Waals surface area contributed by atoms with Gasteiger partial charge in [-0.05, 0) is 38.5 Å². The number of rotatable bonds is 37. The minimum Gasteiger partial charge on any atom is -0.466 e. The van der Waals surface area contributed by atoms with Crippen LogP contribution in [-0.2, 0) is 28.6 Å². The lowest BCUT2D eigenvalue weighted by Crippen LogP contribution is -2.45. The molecule has 53 heavy (non-hydrogen) atoms. The van der Waals surface area contributed by atoms with Crippen molar-refractivity contribution in [2.45, 2.75) is 252 Å². The van der Waals surface area contributed by atoms with Crippen LogP contribution < -0.4 is 0 Å². The normalized spacial score (nSPS) is 12.5. The smallest absolute Gasteiger partial charge is 0.339 e. The van der Waals surface area contributed by atoms with Crippen LogP contribution >= 0.6 is 0 Å². The summed E-state index contributed by atoms with van der Waals surface area (Å²) >= 11 is 0. The number of hydrogen-bond donors (Lipinski definition) is 2. The fourth-order valence-electron chi connectivity index (χ4n) is 6.42. The first-order chi connectivity index (χ1) is 25.6. The number of ether oxygens (including phenoxy) is 3. The first-order valence-electron chi connectivity index (χ1n) is 22.5. The number of aliphatic hydroxyl groups is 2. The van der Waals surface area contributed by atoms with Crippen molar-refractivity contribution in [2.75, 3.05) is 19.8 Å². The van der Waals surface area contributed by atoms with Gasteiger partial charge >= 0.3 is 17.9 Å². The Bertz CT molecular complexity index is 819. The zero-order valence-corrected chi connectivity index (χ0v) is 35.9. The maximum absolute atomic E-state index is 12.6. The molecule has 0 amide bonds. The van der Waals surface area contributed by atoms with E-state index in [1.807, 2.05) is 6.92 Å². The molecule has 0 rings (SSSR count). The Hall–Kier alpha value is -1.67. The summed E-state index contributed by atoms with van der Waals surface area (Å²) in [5, 5.41) is 21.8. The fraction of sp³-hybridized carbons (Fsp3) is 0.933. The van der Waals surface area contributed by atoms with E-state index >= 15 is 0 Å². The highest BCUT2D eigenvalue weighted by atomic mass is 16.6. The van der Waals surface area contributed by atoms with Gasteiger partial charge in [0.25, 0.3) is 0 Å².